The van der Waals surface area contributed by atoms with Gasteiger partial charge in [-0.05, 0) is 33.8 Å². The Balaban J connectivity index is 1.62. The SMILES string of the molecule is O=C(c1sccc1Br)N1CCC(N2CCOCC2)C1. The van der Waals surface area contributed by atoms with Crippen LogP contribution in [0.2, 0.25) is 0 Å². The van der Waals surface area contributed by atoms with Crippen molar-refractivity contribution in [2.45, 2.75) is 12.5 Å². The summed E-state index contributed by atoms with van der Waals surface area (Å²) in [6.45, 7) is 5.35. The van der Waals surface area contributed by atoms with Gasteiger partial charge in [0.25, 0.3) is 5.91 Å². The van der Waals surface area contributed by atoms with Crippen LogP contribution in [0.15, 0.2) is 15.9 Å². The Hall–Kier alpha value is -0.430. The highest BCUT2D eigenvalue weighted by Crippen LogP contribution is 2.26. The molecule has 104 valence electrons. The van der Waals surface area contributed by atoms with Gasteiger partial charge >= 0.3 is 0 Å². The van der Waals surface area contributed by atoms with Crippen LogP contribution in [0.1, 0.15) is 16.1 Å². The third-order valence-electron chi connectivity index (χ3n) is 3.82. The number of carbonyl (C=O) groups is 1. The molecular formula is C13H17BrN2O2S. The van der Waals surface area contributed by atoms with Gasteiger partial charge in [0.15, 0.2) is 0 Å². The van der Waals surface area contributed by atoms with Crippen molar-refractivity contribution in [3.63, 3.8) is 0 Å². The highest BCUT2D eigenvalue weighted by molar-refractivity contribution is 9.10. The molecule has 19 heavy (non-hydrogen) atoms. The van der Waals surface area contributed by atoms with Crippen molar-refractivity contribution in [2.24, 2.45) is 0 Å². The fourth-order valence-corrected chi connectivity index (χ4v) is 4.26. The second kappa shape index (κ2) is 5.91. The lowest BCUT2D eigenvalue weighted by Gasteiger charge is -2.32. The van der Waals surface area contributed by atoms with Crippen LogP contribution in [0.25, 0.3) is 0 Å². The van der Waals surface area contributed by atoms with Crippen molar-refractivity contribution in [1.82, 2.24) is 9.80 Å². The van der Waals surface area contributed by atoms with E-state index in [1.165, 1.54) is 11.3 Å². The number of halogens is 1. The largest absolute Gasteiger partial charge is 0.379 e. The van der Waals surface area contributed by atoms with Crippen molar-refractivity contribution in [2.75, 3.05) is 39.4 Å². The average molecular weight is 345 g/mol. The molecule has 0 N–H and O–H groups in total. The maximum Gasteiger partial charge on any atom is 0.265 e. The maximum atomic E-state index is 12.4. The molecule has 3 rings (SSSR count). The van der Waals surface area contributed by atoms with E-state index in [9.17, 15) is 4.79 Å². The zero-order valence-electron chi connectivity index (χ0n) is 10.7. The van der Waals surface area contributed by atoms with Crippen molar-refractivity contribution >= 4 is 33.2 Å². The van der Waals surface area contributed by atoms with E-state index in [2.05, 4.69) is 20.8 Å². The molecule has 1 aromatic heterocycles. The molecule has 3 heterocycles. The average Bonchev–Trinajstić information content (AvgIpc) is 3.08. The predicted octanol–water partition coefficient (Wildman–Crippen LogP) is 2.06. The van der Waals surface area contributed by atoms with Crippen molar-refractivity contribution in [3.8, 4) is 0 Å². The Morgan fingerprint density at radius 2 is 2.16 bits per heavy atom. The second-order valence-corrected chi connectivity index (χ2v) is 6.71. The van der Waals surface area contributed by atoms with Gasteiger partial charge in [0.2, 0.25) is 0 Å². The summed E-state index contributed by atoms with van der Waals surface area (Å²) in [4.78, 5) is 17.7. The lowest BCUT2D eigenvalue weighted by Crippen LogP contribution is -2.45. The molecule has 2 aliphatic rings. The number of hydrogen-bond donors (Lipinski definition) is 0. The number of rotatable bonds is 2. The molecule has 2 saturated heterocycles. The molecule has 4 nitrogen and oxygen atoms in total. The number of nitrogens with zero attached hydrogens (tertiary/aromatic N) is 2. The Bertz CT molecular complexity index is 459. The lowest BCUT2D eigenvalue weighted by atomic mass is 10.2. The van der Waals surface area contributed by atoms with Crippen molar-refractivity contribution in [1.29, 1.82) is 0 Å². The van der Waals surface area contributed by atoms with Gasteiger partial charge in [-0.1, -0.05) is 0 Å². The van der Waals surface area contributed by atoms with Crippen LogP contribution in [0.5, 0.6) is 0 Å². The number of hydrogen-bond acceptors (Lipinski definition) is 4. The van der Waals surface area contributed by atoms with Gasteiger partial charge in [0.05, 0.1) is 13.2 Å². The predicted molar refractivity (Wildman–Crippen MR) is 78.7 cm³/mol. The number of likely N-dealkylation sites (tertiary alicyclic amines) is 1. The summed E-state index contributed by atoms with van der Waals surface area (Å²) in [7, 11) is 0. The first-order valence-electron chi connectivity index (χ1n) is 6.60. The number of morpholine rings is 1. The molecule has 0 spiro atoms. The first-order valence-corrected chi connectivity index (χ1v) is 8.27. The normalized spacial score (nSPS) is 24.9. The summed E-state index contributed by atoms with van der Waals surface area (Å²) in [5.41, 5.74) is 0. The number of amides is 1. The van der Waals surface area contributed by atoms with Gasteiger partial charge in [0.1, 0.15) is 4.88 Å². The first-order chi connectivity index (χ1) is 9.25. The third-order valence-corrected chi connectivity index (χ3v) is 5.65. The van der Waals surface area contributed by atoms with E-state index < -0.39 is 0 Å². The number of carbonyl (C=O) groups excluding carboxylic acids is 1. The number of ether oxygens (including phenoxy) is 1. The quantitative estimate of drug-likeness (QED) is 0.823. The first kappa shape index (κ1) is 13.5. The maximum absolute atomic E-state index is 12.4. The van der Waals surface area contributed by atoms with E-state index in [-0.39, 0.29) is 5.91 Å². The minimum atomic E-state index is 0.164. The summed E-state index contributed by atoms with van der Waals surface area (Å²) < 4.78 is 6.30. The molecule has 0 aliphatic carbocycles. The summed E-state index contributed by atoms with van der Waals surface area (Å²) in [6.07, 6.45) is 1.08. The molecule has 1 atom stereocenters. The highest BCUT2D eigenvalue weighted by atomic mass is 79.9. The lowest BCUT2D eigenvalue weighted by molar-refractivity contribution is 0.0185. The van der Waals surface area contributed by atoms with Crippen LogP contribution in [-0.2, 0) is 4.74 Å². The molecular weight excluding hydrogens is 328 g/mol. The van der Waals surface area contributed by atoms with E-state index in [0.717, 1.165) is 55.2 Å². The minimum Gasteiger partial charge on any atom is -0.379 e. The van der Waals surface area contributed by atoms with Gasteiger partial charge in [-0.2, -0.15) is 0 Å². The summed E-state index contributed by atoms with van der Waals surface area (Å²) in [6, 6.07) is 2.44. The van der Waals surface area contributed by atoms with Crippen LogP contribution >= 0.6 is 27.3 Å². The topological polar surface area (TPSA) is 32.8 Å². The summed E-state index contributed by atoms with van der Waals surface area (Å²) in [5.74, 6) is 0.164. The Morgan fingerprint density at radius 3 is 2.84 bits per heavy atom. The fraction of sp³-hybridized carbons (Fsp3) is 0.615. The van der Waals surface area contributed by atoms with Crippen LogP contribution in [0.3, 0.4) is 0 Å². The van der Waals surface area contributed by atoms with Gasteiger partial charge in [-0.25, -0.2) is 0 Å². The zero-order chi connectivity index (χ0) is 13.2. The Kier molecular flexibility index (Phi) is 4.21. The second-order valence-electron chi connectivity index (χ2n) is 4.94. The fourth-order valence-electron chi connectivity index (χ4n) is 2.76. The van der Waals surface area contributed by atoms with Crippen LogP contribution in [0, 0.1) is 0 Å². The molecule has 0 saturated carbocycles. The van der Waals surface area contributed by atoms with Crippen LogP contribution < -0.4 is 0 Å². The van der Waals surface area contributed by atoms with Crippen molar-refractivity contribution in [3.05, 3.63) is 20.8 Å². The standard InChI is InChI=1S/C13H17BrN2O2S/c14-11-2-8-19-12(11)13(17)16-3-1-10(9-16)15-4-6-18-7-5-15/h2,8,10H,1,3-7,9H2. The molecule has 2 aliphatic heterocycles. The van der Waals surface area contributed by atoms with Crippen molar-refractivity contribution < 1.29 is 9.53 Å². The van der Waals surface area contributed by atoms with E-state index in [4.69, 9.17) is 4.74 Å². The minimum absolute atomic E-state index is 0.164. The molecule has 0 radical (unpaired) electrons. The molecule has 0 aromatic carbocycles. The third kappa shape index (κ3) is 2.86. The number of thiophene rings is 1. The monoisotopic (exact) mass is 344 g/mol. The molecule has 2 fully saturated rings. The van der Waals surface area contributed by atoms with Gasteiger partial charge < -0.3 is 9.64 Å². The van der Waals surface area contributed by atoms with Gasteiger partial charge in [0, 0.05) is 36.7 Å². The summed E-state index contributed by atoms with van der Waals surface area (Å²) in [5, 5.41) is 1.95. The van der Waals surface area contributed by atoms with Gasteiger partial charge in [-0.3, -0.25) is 9.69 Å². The molecule has 1 aromatic rings. The van der Waals surface area contributed by atoms with E-state index >= 15 is 0 Å². The van der Waals surface area contributed by atoms with Crippen LogP contribution in [-0.4, -0.2) is 61.1 Å². The smallest absolute Gasteiger partial charge is 0.265 e. The molecule has 1 amide bonds. The van der Waals surface area contributed by atoms with E-state index in [1.54, 1.807) is 0 Å². The molecule has 1 unspecified atom stereocenters. The zero-order valence-corrected chi connectivity index (χ0v) is 13.1. The Labute approximate surface area is 125 Å². The molecule has 0 bridgehead atoms. The van der Waals surface area contributed by atoms with E-state index in [1.807, 2.05) is 16.3 Å². The van der Waals surface area contributed by atoms with Crippen LogP contribution in [0.4, 0.5) is 0 Å². The highest BCUT2D eigenvalue weighted by Gasteiger charge is 2.32. The van der Waals surface area contributed by atoms with Gasteiger partial charge in [-0.15, -0.1) is 11.3 Å². The van der Waals surface area contributed by atoms with E-state index in [0.29, 0.717) is 6.04 Å². The molecule has 6 heteroatoms. The summed E-state index contributed by atoms with van der Waals surface area (Å²) >= 11 is 4.95. The Morgan fingerprint density at radius 1 is 1.37 bits per heavy atom.